The maximum atomic E-state index is 13.6. The number of nitrogens with zero attached hydrogens (tertiary/aromatic N) is 2. The number of carbonyl (C=O) groups excluding carboxylic acids is 3. The van der Waals surface area contributed by atoms with E-state index in [9.17, 15) is 14.4 Å². The van der Waals surface area contributed by atoms with Crippen molar-refractivity contribution in [3.8, 4) is 0 Å². The molecule has 142 valence electrons. The highest BCUT2D eigenvalue weighted by atomic mass is 79.9. The Bertz CT molecular complexity index is 908. The lowest BCUT2D eigenvalue weighted by Gasteiger charge is -2.38. The maximum absolute atomic E-state index is 13.6. The second-order valence-corrected chi connectivity index (χ2v) is 9.92. The fraction of sp³-hybridized carbons (Fsp3) is 0.550. The lowest BCUT2D eigenvalue weighted by Crippen LogP contribution is -2.56. The SMILES string of the molecule is CC(C)(C)N1C(=O)C2C3CCCN3C3(C(=O)Nc4ccc(Br)cc43)C2C1=O. The number of halogens is 1. The van der Waals surface area contributed by atoms with E-state index >= 15 is 0 Å². The van der Waals surface area contributed by atoms with Crippen molar-refractivity contribution in [1.29, 1.82) is 0 Å². The summed E-state index contributed by atoms with van der Waals surface area (Å²) < 4.78 is 0.862. The third-order valence-electron chi connectivity index (χ3n) is 6.63. The van der Waals surface area contributed by atoms with Gasteiger partial charge in [0.25, 0.3) is 0 Å². The Balaban J connectivity index is 1.77. The number of carbonyl (C=O) groups is 3. The fourth-order valence-corrected chi connectivity index (χ4v) is 6.20. The van der Waals surface area contributed by atoms with Crippen LogP contribution < -0.4 is 5.32 Å². The molecule has 3 saturated heterocycles. The van der Waals surface area contributed by atoms with Gasteiger partial charge < -0.3 is 5.32 Å². The molecule has 1 N–H and O–H groups in total. The van der Waals surface area contributed by atoms with Crippen LogP contribution in [0.15, 0.2) is 22.7 Å². The van der Waals surface area contributed by atoms with Crippen LogP contribution in [0.4, 0.5) is 5.69 Å². The highest BCUT2D eigenvalue weighted by Gasteiger charge is 2.75. The fourth-order valence-electron chi connectivity index (χ4n) is 5.84. The second-order valence-electron chi connectivity index (χ2n) is 9.00. The van der Waals surface area contributed by atoms with Crippen molar-refractivity contribution in [3.05, 3.63) is 28.2 Å². The largest absolute Gasteiger partial charge is 0.324 e. The molecule has 1 aromatic carbocycles. The highest BCUT2D eigenvalue weighted by molar-refractivity contribution is 9.10. The van der Waals surface area contributed by atoms with Gasteiger partial charge in [-0.25, -0.2) is 0 Å². The molecule has 6 nitrogen and oxygen atoms in total. The molecule has 0 aromatic heterocycles. The van der Waals surface area contributed by atoms with E-state index in [4.69, 9.17) is 0 Å². The van der Waals surface area contributed by atoms with E-state index in [0.717, 1.165) is 35.1 Å². The van der Waals surface area contributed by atoms with Crippen molar-refractivity contribution in [1.82, 2.24) is 9.80 Å². The zero-order chi connectivity index (χ0) is 19.3. The molecule has 3 amide bonds. The van der Waals surface area contributed by atoms with Crippen molar-refractivity contribution in [2.24, 2.45) is 11.8 Å². The van der Waals surface area contributed by atoms with Crippen LogP contribution in [-0.2, 0) is 19.9 Å². The van der Waals surface area contributed by atoms with E-state index in [0.29, 0.717) is 0 Å². The summed E-state index contributed by atoms with van der Waals surface area (Å²) in [7, 11) is 0. The minimum Gasteiger partial charge on any atom is -0.324 e. The summed E-state index contributed by atoms with van der Waals surface area (Å²) in [5.41, 5.74) is -0.127. The average Bonchev–Trinajstić information content (AvgIpc) is 3.25. The molecule has 4 aliphatic rings. The van der Waals surface area contributed by atoms with Crippen molar-refractivity contribution in [3.63, 3.8) is 0 Å². The number of likely N-dealkylation sites (tertiary alicyclic amines) is 1. The number of hydrogen-bond acceptors (Lipinski definition) is 4. The van der Waals surface area contributed by atoms with Crippen LogP contribution in [0.1, 0.15) is 39.2 Å². The van der Waals surface area contributed by atoms with Gasteiger partial charge in [-0.1, -0.05) is 15.9 Å². The third-order valence-corrected chi connectivity index (χ3v) is 7.12. The van der Waals surface area contributed by atoms with Gasteiger partial charge in [-0.2, -0.15) is 0 Å². The number of benzene rings is 1. The number of nitrogens with one attached hydrogen (secondary N) is 1. The third kappa shape index (κ3) is 1.92. The predicted molar refractivity (Wildman–Crippen MR) is 103 cm³/mol. The predicted octanol–water partition coefficient (Wildman–Crippen LogP) is 2.47. The molecule has 4 unspecified atom stereocenters. The molecule has 27 heavy (non-hydrogen) atoms. The van der Waals surface area contributed by atoms with Gasteiger partial charge in [0.1, 0.15) is 5.54 Å². The normalized spacial score (nSPS) is 35.0. The van der Waals surface area contributed by atoms with Gasteiger partial charge in [0.15, 0.2) is 0 Å². The molecular weight excluding hydrogens is 410 g/mol. The van der Waals surface area contributed by atoms with Crippen molar-refractivity contribution in [2.75, 3.05) is 11.9 Å². The van der Waals surface area contributed by atoms with E-state index in [2.05, 4.69) is 26.1 Å². The lowest BCUT2D eigenvalue weighted by molar-refractivity contribution is -0.150. The molecule has 4 aliphatic heterocycles. The standard InChI is InChI=1S/C20H22BrN3O3/c1-19(2,3)24-16(25)14-13-5-4-8-23(13)20(15(14)17(24)26)11-9-10(21)6-7-12(11)22-18(20)27/h6-7,9,13-15H,4-5,8H2,1-3H3,(H,22,27). The summed E-state index contributed by atoms with van der Waals surface area (Å²) in [5, 5.41) is 2.99. The topological polar surface area (TPSA) is 69.7 Å². The average molecular weight is 432 g/mol. The number of fused-ring (bicyclic) bond motifs is 7. The van der Waals surface area contributed by atoms with Gasteiger partial charge in [-0.3, -0.25) is 24.2 Å². The van der Waals surface area contributed by atoms with Crippen LogP contribution in [0, 0.1) is 11.8 Å². The number of imide groups is 1. The van der Waals surface area contributed by atoms with Crippen LogP contribution in [-0.4, -0.2) is 45.6 Å². The molecule has 0 aliphatic carbocycles. The number of amides is 3. The first-order valence-electron chi connectivity index (χ1n) is 9.45. The quantitative estimate of drug-likeness (QED) is 0.640. The molecule has 0 bridgehead atoms. The molecule has 3 fully saturated rings. The van der Waals surface area contributed by atoms with E-state index in [1.807, 2.05) is 39.0 Å². The number of hydrogen-bond donors (Lipinski definition) is 1. The summed E-state index contributed by atoms with van der Waals surface area (Å²) >= 11 is 3.51. The highest BCUT2D eigenvalue weighted by Crippen LogP contribution is 2.61. The minimum absolute atomic E-state index is 0.0607. The Labute approximate surface area is 166 Å². The first-order valence-corrected chi connectivity index (χ1v) is 10.2. The van der Waals surface area contributed by atoms with Gasteiger partial charge in [0, 0.05) is 27.3 Å². The zero-order valence-corrected chi connectivity index (χ0v) is 17.2. The molecular formula is C20H22BrN3O3. The van der Waals surface area contributed by atoms with Gasteiger partial charge in [0.05, 0.1) is 11.8 Å². The van der Waals surface area contributed by atoms with Crippen LogP contribution in [0.2, 0.25) is 0 Å². The summed E-state index contributed by atoms with van der Waals surface area (Å²) in [4.78, 5) is 43.9. The Hall–Kier alpha value is -1.73. The van der Waals surface area contributed by atoms with E-state index in [1.165, 1.54) is 4.90 Å². The smallest absolute Gasteiger partial charge is 0.250 e. The monoisotopic (exact) mass is 431 g/mol. The molecule has 4 atom stereocenters. The minimum atomic E-state index is -1.09. The second kappa shape index (κ2) is 5.20. The zero-order valence-electron chi connectivity index (χ0n) is 15.6. The Morgan fingerprint density at radius 3 is 2.63 bits per heavy atom. The van der Waals surface area contributed by atoms with Crippen LogP contribution >= 0.6 is 15.9 Å². The Kier molecular flexibility index (Phi) is 3.35. The first kappa shape index (κ1) is 17.4. The van der Waals surface area contributed by atoms with Gasteiger partial charge in [-0.05, 0) is 58.4 Å². The summed E-state index contributed by atoms with van der Waals surface area (Å²) in [6, 6.07) is 5.62. The van der Waals surface area contributed by atoms with Gasteiger partial charge in [0.2, 0.25) is 17.7 Å². The Morgan fingerprint density at radius 1 is 1.19 bits per heavy atom. The summed E-state index contributed by atoms with van der Waals surface area (Å²) in [5.74, 6) is -1.62. The van der Waals surface area contributed by atoms with Crippen molar-refractivity contribution in [2.45, 2.75) is 50.7 Å². The molecule has 1 aromatic rings. The van der Waals surface area contributed by atoms with E-state index in [1.54, 1.807) is 0 Å². The van der Waals surface area contributed by atoms with Crippen molar-refractivity contribution < 1.29 is 14.4 Å². The van der Waals surface area contributed by atoms with Crippen molar-refractivity contribution >= 4 is 39.3 Å². The van der Waals surface area contributed by atoms with Gasteiger partial charge >= 0.3 is 0 Å². The van der Waals surface area contributed by atoms with Crippen LogP contribution in [0.25, 0.3) is 0 Å². The maximum Gasteiger partial charge on any atom is 0.250 e. The number of rotatable bonds is 0. The Morgan fingerprint density at radius 2 is 1.93 bits per heavy atom. The van der Waals surface area contributed by atoms with E-state index in [-0.39, 0.29) is 23.8 Å². The lowest BCUT2D eigenvalue weighted by atomic mass is 9.75. The molecule has 0 saturated carbocycles. The molecule has 5 rings (SSSR count). The first-order chi connectivity index (χ1) is 12.7. The molecule has 1 spiro atoms. The molecule has 7 heteroatoms. The summed E-state index contributed by atoms with van der Waals surface area (Å²) in [6.07, 6.45) is 1.78. The van der Waals surface area contributed by atoms with E-state index < -0.39 is 22.9 Å². The molecule has 0 radical (unpaired) electrons. The van der Waals surface area contributed by atoms with Crippen LogP contribution in [0.5, 0.6) is 0 Å². The van der Waals surface area contributed by atoms with Crippen LogP contribution in [0.3, 0.4) is 0 Å². The van der Waals surface area contributed by atoms with Gasteiger partial charge in [-0.15, -0.1) is 0 Å². The molecule has 4 heterocycles. The number of anilines is 1. The summed E-state index contributed by atoms with van der Waals surface area (Å²) in [6.45, 7) is 6.36.